The van der Waals surface area contributed by atoms with Crippen LogP contribution >= 0.6 is 11.9 Å². The first-order valence-corrected chi connectivity index (χ1v) is 13.9. The molecule has 1 atom stereocenters. The molecule has 188 valence electrons. The maximum absolute atomic E-state index is 13.5. The largest absolute Gasteiger partial charge is 0.306 e. The number of fused-ring (bicyclic) bond motifs is 1. The molecule has 1 aromatic heterocycles. The van der Waals surface area contributed by atoms with Crippen LogP contribution in [-0.2, 0) is 30.6 Å². The smallest absolute Gasteiger partial charge is 0.227 e. The van der Waals surface area contributed by atoms with E-state index in [0.29, 0.717) is 13.0 Å². The van der Waals surface area contributed by atoms with Crippen LogP contribution in [0.5, 0.6) is 0 Å². The van der Waals surface area contributed by atoms with E-state index < -0.39 is 0 Å². The third-order valence-corrected chi connectivity index (χ3v) is 7.90. The van der Waals surface area contributed by atoms with Crippen LogP contribution in [0.15, 0.2) is 102 Å². The standard InChI is InChI=1S/C32H33N3OS/c1-2-24-11-17-29(18-12-24)37-34-31-19-15-26-14-16-28(22-30(26)31)35(23-27-10-6-7-21-33-27)32(36)20-13-25-8-4-3-5-9-25/h3-12,14,16-18,21-22,31,34H,2,13,15,19-20,23H2,1H3. The van der Waals surface area contributed by atoms with Gasteiger partial charge in [0.2, 0.25) is 5.91 Å². The Morgan fingerprint density at radius 2 is 1.78 bits per heavy atom. The number of amides is 1. The number of pyridine rings is 1. The SMILES string of the molecule is CCc1ccc(SNC2CCc3ccc(N(Cc4ccccn4)C(=O)CCc4ccccc4)cc32)cc1. The molecule has 5 rings (SSSR count). The number of carbonyl (C=O) groups excluding carboxylic acids is 1. The molecule has 1 heterocycles. The van der Waals surface area contributed by atoms with Crippen molar-refractivity contribution in [3.8, 4) is 0 Å². The molecule has 1 aliphatic carbocycles. The number of rotatable bonds is 10. The van der Waals surface area contributed by atoms with Gasteiger partial charge in [0.15, 0.2) is 0 Å². The molecule has 0 spiro atoms. The van der Waals surface area contributed by atoms with Gasteiger partial charge < -0.3 is 4.90 Å². The van der Waals surface area contributed by atoms with E-state index in [-0.39, 0.29) is 11.9 Å². The number of carbonyl (C=O) groups is 1. The van der Waals surface area contributed by atoms with Crippen molar-refractivity contribution in [2.24, 2.45) is 0 Å². The maximum atomic E-state index is 13.5. The zero-order valence-electron chi connectivity index (χ0n) is 21.3. The second kappa shape index (κ2) is 12.2. The third-order valence-electron chi connectivity index (χ3n) is 6.99. The van der Waals surface area contributed by atoms with Crippen molar-refractivity contribution in [2.75, 3.05) is 4.90 Å². The monoisotopic (exact) mass is 507 g/mol. The number of benzene rings is 3. The Hall–Kier alpha value is -3.41. The normalized spacial score (nSPS) is 14.4. The minimum Gasteiger partial charge on any atom is -0.306 e. The molecule has 1 aliphatic rings. The highest BCUT2D eigenvalue weighted by molar-refractivity contribution is 7.97. The van der Waals surface area contributed by atoms with Crippen LogP contribution < -0.4 is 9.62 Å². The Kier molecular flexibility index (Phi) is 8.34. The number of aryl methyl sites for hydroxylation is 3. The molecule has 1 N–H and O–H groups in total. The zero-order chi connectivity index (χ0) is 25.5. The van der Waals surface area contributed by atoms with Crippen LogP contribution in [0.4, 0.5) is 5.69 Å². The summed E-state index contributed by atoms with van der Waals surface area (Å²) in [5.74, 6) is 0.113. The molecule has 3 aromatic carbocycles. The van der Waals surface area contributed by atoms with E-state index >= 15 is 0 Å². The Balaban J connectivity index is 1.34. The fraction of sp³-hybridized carbons (Fsp3) is 0.250. The molecule has 37 heavy (non-hydrogen) atoms. The molecule has 4 aromatic rings. The molecular formula is C32H33N3OS. The minimum atomic E-state index is 0.113. The van der Waals surface area contributed by atoms with E-state index in [4.69, 9.17) is 0 Å². The number of nitrogens with zero attached hydrogens (tertiary/aromatic N) is 2. The Labute approximate surface area is 224 Å². The third kappa shape index (κ3) is 6.48. The molecular weight excluding hydrogens is 474 g/mol. The van der Waals surface area contributed by atoms with E-state index in [1.807, 2.05) is 41.3 Å². The molecule has 4 nitrogen and oxygen atoms in total. The molecule has 0 aliphatic heterocycles. The predicted molar refractivity (Wildman–Crippen MR) is 153 cm³/mol. The molecule has 1 amide bonds. The van der Waals surface area contributed by atoms with E-state index in [1.165, 1.54) is 27.1 Å². The van der Waals surface area contributed by atoms with Gasteiger partial charge in [0.25, 0.3) is 0 Å². The van der Waals surface area contributed by atoms with Crippen LogP contribution in [0.25, 0.3) is 0 Å². The number of hydrogen-bond donors (Lipinski definition) is 1. The van der Waals surface area contributed by atoms with Crippen LogP contribution in [-0.4, -0.2) is 10.9 Å². The summed E-state index contributed by atoms with van der Waals surface area (Å²) >= 11 is 1.69. The highest BCUT2D eigenvalue weighted by atomic mass is 32.2. The van der Waals surface area contributed by atoms with Crippen molar-refractivity contribution in [1.82, 2.24) is 9.71 Å². The average molecular weight is 508 g/mol. The predicted octanol–water partition coefficient (Wildman–Crippen LogP) is 7.09. The highest BCUT2D eigenvalue weighted by Gasteiger charge is 2.25. The minimum absolute atomic E-state index is 0.113. The van der Waals surface area contributed by atoms with Gasteiger partial charge in [-0.3, -0.25) is 14.5 Å². The fourth-order valence-corrected chi connectivity index (χ4v) is 5.62. The van der Waals surface area contributed by atoms with E-state index in [2.05, 4.69) is 71.2 Å². The molecule has 0 radical (unpaired) electrons. The first-order chi connectivity index (χ1) is 18.2. The van der Waals surface area contributed by atoms with Crippen molar-refractivity contribution in [2.45, 2.75) is 56.5 Å². The lowest BCUT2D eigenvalue weighted by Gasteiger charge is -2.24. The van der Waals surface area contributed by atoms with E-state index in [9.17, 15) is 4.79 Å². The summed E-state index contributed by atoms with van der Waals surface area (Å²) in [6.45, 7) is 2.64. The molecule has 0 saturated heterocycles. The number of hydrogen-bond acceptors (Lipinski definition) is 4. The van der Waals surface area contributed by atoms with Crippen LogP contribution in [0.1, 0.15) is 53.8 Å². The van der Waals surface area contributed by atoms with Gasteiger partial charge in [0.05, 0.1) is 12.2 Å². The Morgan fingerprint density at radius 1 is 0.973 bits per heavy atom. The summed E-state index contributed by atoms with van der Waals surface area (Å²) in [6, 6.07) is 31.6. The molecule has 1 unspecified atom stereocenters. The summed E-state index contributed by atoms with van der Waals surface area (Å²) in [5, 5.41) is 0. The first kappa shape index (κ1) is 25.2. The topological polar surface area (TPSA) is 45.2 Å². The van der Waals surface area contributed by atoms with Gasteiger partial charge in [-0.05, 0) is 96.3 Å². The fourth-order valence-electron chi connectivity index (χ4n) is 4.82. The first-order valence-electron chi connectivity index (χ1n) is 13.1. The lowest BCUT2D eigenvalue weighted by Crippen LogP contribution is -2.31. The second-order valence-electron chi connectivity index (χ2n) is 9.48. The second-order valence-corrected chi connectivity index (χ2v) is 10.4. The highest BCUT2D eigenvalue weighted by Crippen LogP contribution is 2.36. The van der Waals surface area contributed by atoms with Crippen molar-refractivity contribution >= 4 is 23.5 Å². The van der Waals surface area contributed by atoms with Gasteiger partial charge in [-0.15, -0.1) is 0 Å². The summed E-state index contributed by atoms with van der Waals surface area (Å²) in [6.07, 6.45) is 6.12. The summed E-state index contributed by atoms with van der Waals surface area (Å²) in [4.78, 5) is 21.2. The lowest BCUT2D eigenvalue weighted by atomic mass is 10.1. The van der Waals surface area contributed by atoms with Gasteiger partial charge in [-0.2, -0.15) is 0 Å². The van der Waals surface area contributed by atoms with Gasteiger partial charge in [-0.25, -0.2) is 0 Å². The van der Waals surface area contributed by atoms with E-state index in [0.717, 1.165) is 37.1 Å². The van der Waals surface area contributed by atoms with Crippen molar-refractivity contribution in [3.63, 3.8) is 0 Å². The lowest BCUT2D eigenvalue weighted by molar-refractivity contribution is -0.118. The van der Waals surface area contributed by atoms with Crippen LogP contribution in [0, 0.1) is 0 Å². The number of anilines is 1. The Bertz CT molecular complexity index is 1310. The molecule has 0 saturated carbocycles. The Morgan fingerprint density at radius 3 is 2.54 bits per heavy atom. The van der Waals surface area contributed by atoms with Crippen LogP contribution in [0.2, 0.25) is 0 Å². The molecule has 5 heteroatoms. The van der Waals surface area contributed by atoms with Crippen molar-refractivity contribution < 1.29 is 4.79 Å². The number of aromatic nitrogens is 1. The molecule has 0 fully saturated rings. The van der Waals surface area contributed by atoms with Gasteiger partial charge in [0.1, 0.15) is 0 Å². The van der Waals surface area contributed by atoms with Crippen molar-refractivity contribution in [3.05, 3.63) is 125 Å². The zero-order valence-corrected chi connectivity index (χ0v) is 22.1. The average Bonchev–Trinajstić information content (AvgIpc) is 3.37. The quantitative estimate of drug-likeness (QED) is 0.233. The van der Waals surface area contributed by atoms with Crippen molar-refractivity contribution in [1.29, 1.82) is 0 Å². The van der Waals surface area contributed by atoms with Gasteiger partial charge in [-0.1, -0.05) is 61.5 Å². The van der Waals surface area contributed by atoms with Gasteiger partial charge in [0, 0.05) is 29.2 Å². The van der Waals surface area contributed by atoms with Crippen LogP contribution in [0.3, 0.4) is 0 Å². The van der Waals surface area contributed by atoms with E-state index in [1.54, 1.807) is 18.1 Å². The molecule has 0 bridgehead atoms. The summed E-state index contributed by atoms with van der Waals surface area (Å²) in [7, 11) is 0. The number of nitrogens with one attached hydrogen (secondary N) is 1. The van der Waals surface area contributed by atoms with Gasteiger partial charge >= 0.3 is 0 Å². The summed E-state index contributed by atoms with van der Waals surface area (Å²) in [5.41, 5.74) is 7.00. The summed E-state index contributed by atoms with van der Waals surface area (Å²) < 4.78 is 3.68. The maximum Gasteiger partial charge on any atom is 0.227 e.